The third-order valence-corrected chi connectivity index (χ3v) is 4.75. The van der Waals surface area contributed by atoms with E-state index in [-0.39, 0.29) is 11.8 Å². The minimum absolute atomic E-state index is 0.00555. The van der Waals surface area contributed by atoms with E-state index in [9.17, 15) is 9.59 Å². The monoisotopic (exact) mass is 371 g/mol. The SMILES string of the molecule is CCC(=O)Nc1ccccc1N1CCN(C(=O)c2ccc(Cl)cc2)CC1. The Labute approximate surface area is 158 Å². The van der Waals surface area contributed by atoms with Crippen LogP contribution in [-0.4, -0.2) is 42.9 Å². The Bertz CT molecular complexity index is 784. The summed E-state index contributed by atoms with van der Waals surface area (Å²) in [7, 11) is 0. The average molecular weight is 372 g/mol. The molecule has 0 atom stereocenters. The van der Waals surface area contributed by atoms with E-state index in [1.807, 2.05) is 36.1 Å². The molecule has 0 radical (unpaired) electrons. The van der Waals surface area contributed by atoms with Crippen LogP contribution in [0, 0.1) is 0 Å². The lowest BCUT2D eigenvalue weighted by molar-refractivity contribution is -0.115. The molecule has 6 heteroatoms. The summed E-state index contributed by atoms with van der Waals surface area (Å²) in [6.45, 7) is 4.55. The highest BCUT2D eigenvalue weighted by Crippen LogP contribution is 2.27. The predicted octanol–water partition coefficient (Wildman–Crippen LogP) is 3.65. The summed E-state index contributed by atoms with van der Waals surface area (Å²) >= 11 is 5.89. The van der Waals surface area contributed by atoms with Gasteiger partial charge in [0, 0.05) is 43.2 Å². The second-order valence-electron chi connectivity index (χ2n) is 6.21. The van der Waals surface area contributed by atoms with Crippen LogP contribution in [0.25, 0.3) is 0 Å². The molecule has 0 bridgehead atoms. The maximum absolute atomic E-state index is 12.6. The van der Waals surface area contributed by atoms with Gasteiger partial charge in [0.1, 0.15) is 0 Å². The predicted molar refractivity (Wildman–Crippen MR) is 105 cm³/mol. The highest BCUT2D eigenvalue weighted by Gasteiger charge is 2.23. The number of nitrogens with zero attached hydrogens (tertiary/aromatic N) is 2. The van der Waals surface area contributed by atoms with Crippen LogP contribution in [0.1, 0.15) is 23.7 Å². The third kappa shape index (κ3) is 4.17. The first-order valence-electron chi connectivity index (χ1n) is 8.77. The standard InChI is InChI=1S/C20H22ClN3O2/c1-2-19(25)22-17-5-3-4-6-18(17)23-11-13-24(14-12-23)20(26)15-7-9-16(21)10-8-15/h3-10H,2,11-14H2,1H3,(H,22,25). The van der Waals surface area contributed by atoms with Crippen LogP contribution in [0.3, 0.4) is 0 Å². The fourth-order valence-corrected chi connectivity index (χ4v) is 3.15. The molecule has 0 unspecified atom stereocenters. The van der Waals surface area contributed by atoms with Gasteiger partial charge in [-0.2, -0.15) is 0 Å². The first-order valence-corrected chi connectivity index (χ1v) is 9.15. The highest BCUT2D eigenvalue weighted by molar-refractivity contribution is 6.30. The van der Waals surface area contributed by atoms with Gasteiger partial charge < -0.3 is 15.1 Å². The molecule has 1 heterocycles. The number of carbonyl (C=O) groups is 2. The molecule has 0 aromatic heterocycles. The first-order chi connectivity index (χ1) is 12.6. The Morgan fingerprint density at radius 3 is 2.31 bits per heavy atom. The van der Waals surface area contributed by atoms with Crippen LogP contribution in [0.5, 0.6) is 0 Å². The van der Waals surface area contributed by atoms with Crippen LogP contribution in [-0.2, 0) is 4.79 Å². The van der Waals surface area contributed by atoms with Gasteiger partial charge in [-0.15, -0.1) is 0 Å². The fourth-order valence-electron chi connectivity index (χ4n) is 3.02. The van der Waals surface area contributed by atoms with Crippen molar-refractivity contribution in [3.8, 4) is 0 Å². The van der Waals surface area contributed by atoms with E-state index >= 15 is 0 Å². The summed E-state index contributed by atoms with van der Waals surface area (Å²) in [5, 5.41) is 3.57. The van der Waals surface area contributed by atoms with E-state index in [0.717, 1.165) is 24.5 Å². The Hall–Kier alpha value is -2.53. The van der Waals surface area contributed by atoms with Crippen molar-refractivity contribution in [1.82, 2.24) is 4.90 Å². The number of anilines is 2. The molecule has 1 N–H and O–H groups in total. The molecular weight excluding hydrogens is 350 g/mol. The number of para-hydroxylation sites is 2. The van der Waals surface area contributed by atoms with Crippen molar-refractivity contribution in [3.05, 3.63) is 59.1 Å². The molecule has 1 aliphatic rings. The number of halogens is 1. The van der Waals surface area contributed by atoms with Crippen LogP contribution in [0.15, 0.2) is 48.5 Å². The van der Waals surface area contributed by atoms with Crippen LogP contribution >= 0.6 is 11.6 Å². The van der Waals surface area contributed by atoms with Crippen molar-refractivity contribution in [2.45, 2.75) is 13.3 Å². The van der Waals surface area contributed by atoms with Gasteiger partial charge in [-0.25, -0.2) is 0 Å². The fraction of sp³-hybridized carbons (Fsp3) is 0.300. The molecular formula is C20H22ClN3O2. The quantitative estimate of drug-likeness (QED) is 0.892. The first kappa shape index (κ1) is 18.3. The van der Waals surface area contributed by atoms with Gasteiger partial charge in [-0.1, -0.05) is 30.7 Å². The second kappa shape index (κ2) is 8.23. The summed E-state index contributed by atoms with van der Waals surface area (Å²) < 4.78 is 0. The molecule has 26 heavy (non-hydrogen) atoms. The second-order valence-corrected chi connectivity index (χ2v) is 6.64. The molecule has 2 aromatic carbocycles. The van der Waals surface area contributed by atoms with E-state index in [4.69, 9.17) is 11.6 Å². The van der Waals surface area contributed by atoms with Gasteiger partial charge in [-0.3, -0.25) is 9.59 Å². The summed E-state index contributed by atoms with van der Waals surface area (Å²) in [4.78, 5) is 28.4. The number of hydrogen-bond acceptors (Lipinski definition) is 3. The van der Waals surface area contributed by atoms with Gasteiger partial charge in [0.2, 0.25) is 5.91 Å². The topological polar surface area (TPSA) is 52.7 Å². The molecule has 0 spiro atoms. The Balaban J connectivity index is 1.66. The van der Waals surface area contributed by atoms with Crippen molar-refractivity contribution in [1.29, 1.82) is 0 Å². The molecule has 0 aliphatic carbocycles. The van der Waals surface area contributed by atoms with Gasteiger partial charge in [0.05, 0.1) is 11.4 Å². The molecule has 1 fully saturated rings. The number of rotatable bonds is 4. The lowest BCUT2D eigenvalue weighted by Gasteiger charge is -2.37. The number of piperazine rings is 1. The van der Waals surface area contributed by atoms with E-state index in [1.54, 1.807) is 24.3 Å². The maximum Gasteiger partial charge on any atom is 0.253 e. The maximum atomic E-state index is 12.6. The molecule has 3 rings (SSSR count). The molecule has 2 aromatic rings. The summed E-state index contributed by atoms with van der Waals surface area (Å²) in [5.41, 5.74) is 2.46. The minimum Gasteiger partial charge on any atom is -0.366 e. The van der Waals surface area contributed by atoms with Crippen molar-refractivity contribution < 1.29 is 9.59 Å². The van der Waals surface area contributed by atoms with Crippen molar-refractivity contribution >= 4 is 34.8 Å². The van der Waals surface area contributed by atoms with E-state index in [2.05, 4.69) is 10.2 Å². The molecule has 1 aliphatic heterocycles. The van der Waals surface area contributed by atoms with Gasteiger partial charge in [0.15, 0.2) is 0 Å². The van der Waals surface area contributed by atoms with E-state index < -0.39 is 0 Å². The Morgan fingerprint density at radius 1 is 1.00 bits per heavy atom. The normalized spacial score (nSPS) is 14.2. The average Bonchev–Trinajstić information content (AvgIpc) is 2.68. The highest BCUT2D eigenvalue weighted by atomic mass is 35.5. The van der Waals surface area contributed by atoms with E-state index in [0.29, 0.717) is 30.1 Å². The summed E-state index contributed by atoms with van der Waals surface area (Å²) in [6.07, 6.45) is 0.442. The third-order valence-electron chi connectivity index (χ3n) is 4.50. The van der Waals surface area contributed by atoms with Crippen LogP contribution < -0.4 is 10.2 Å². The largest absolute Gasteiger partial charge is 0.366 e. The molecule has 136 valence electrons. The molecule has 2 amide bonds. The van der Waals surface area contributed by atoms with Crippen molar-refractivity contribution in [2.75, 3.05) is 36.4 Å². The van der Waals surface area contributed by atoms with Crippen molar-refractivity contribution in [2.24, 2.45) is 0 Å². The van der Waals surface area contributed by atoms with Gasteiger partial charge in [0.25, 0.3) is 5.91 Å². The molecule has 0 saturated carbocycles. The lowest BCUT2D eigenvalue weighted by atomic mass is 10.1. The number of benzene rings is 2. The van der Waals surface area contributed by atoms with Crippen LogP contribution in [0.4, 0.5) is 11.4 Å². The Kier molecular flexibility index (Phi) is 5.78. The summed E-state index contributed by atoms with van der Waals surface area (Å²) in [5.74, 6) is 0.0166. The van der Waals surface area contributed by atoms with Gasteiger partial charge in [-0.05, 0) is 36.4 Å². The smallest absolute Gasteiger partial charge is 0.253 e. The number of amides is 2. The van der Waals surface area contributed by atoms with Crippen LogP contribution in [0.2, 0.25) is 5.02 Å². The molecule has 1 saturated heterocycles. The number of carbonyl (C=O) groups excluding carboxylic acids is 2. The van der Waals surface area contributed by atoms with Crippen molar-refractivity contribution in [3.63, 3.8) is 0 Å². The zero-order valence-electron chi connectivity index (χ0n) is 14.7. The Morgan fingerprint density at radius 2 is 1.65 bits per heavy atom. The zero-order valence-corrected chi connectivity index (χ0v) is 15.5. The minimum atomic E-state index is -0.00555. The zero-order chi connectivity index (χ0) is 18.5. The molecule has 5 nitrogen and oxygen atoms in total. The van der Waals surface area contributed by atoms with E-state index in [1.165, 1.54) is 0 Å². The number of nitrogens with one attached hydrogen (secondary N) is 1. The summed E-state index contributed by atoms with van der Waals surface area (Å²) in [6, 6.07) is 14.8. The number of hydrogen-bond donors (Lipinski definition) is 1. The lowest BCUT2D eigenvalue weighted by Crippen LogP contribution is -2.49. The van der Waals surface area contributed by atoms with Gasteiger partial charge >= 0.3 is 0 Å².